The minimum absolute atomic E-state index is 0.0370. The Morgan fingerprint density at radius 3 is 2.07 bits per heavy atom. The van der Waals surface area contributed by atoms with Gasteiger partial charge in [-0.2, -0.15) is 0 Å². The molecule has 3 aromatic rings. The summed E-state index contributed by atoms with van der Waals surface area (Å²) in [6.07, 6.45) is 20.8. The molecule has 1 aromatic heterocycles. The molecule has 0 radical (unpaired) electrons. The third-order valence-corrected chi connectivity index (χ3v) is 7.79. The van der Waals surface area contributed by atoms with E-state index in [1.54, 1.807) is 0 Å². The normalized spacial score (nSPS) is 11.0. The second-order valence-corrected chi connectivity index (χ2v) is 11.5. The third-order valence-electron chi connectivity index (χ3n) is 7.49. The highest BCUT2D eigenvalue weighted by Gasteiger charge is 2.21. The van der Waals surface area contributed by atoms with Gasteiger partial charge in [-0.25, -0.2) is 4.57 Å². The minimum atomic E-state index is -0.0370. The van der Waals surface area contributed by atoms with E-state index in [0.717, 1.165) is 30.6 Å². The molecule has 0 N–H and O–H groups in total. The fraction of sp³-hybridized carbons (Fsp3) is 0.500. The van der Waals surface area contributed by atoms with Crippen LogP contribution < -0.4 is 14.2 Å². The molecule has 0 spiro atoms. The van der Waals surface area contributed by atoms with E-state index in [0.29, 0.717) is 29.5 Å². The Morgan fingerprint density at radius 1 is 0.780 bits per heavy atom. The number of carbonyl (C=O) groups excluding carboxylic acids is 1. The van der Waals surface area contributed by atoms with E-state index in [1.807, 2.05) is 78.0 Å². The lowest BCUT2D eigenvalue weighted by Gasteiger charge is -2.23. The van der Waals surface area contributed by atoms with E-state index >= 15 is 0 Å². The van der Waals surface area contributed by atoms with E-state index in [9.17, 15) is 4.79 Å². The van der Waals surface area contributed by atoms with Crippen LogP contribution in [0, 0.1) is 0 Å². The number of amides is 1. The Balaban J connectivity index is 1.47. The van der Waals surface area contributed by atoms with Gasteiger partial charge < -0.3 is 9.64 Å². The Morgan fingerprint density at radius 2 is 1.44 bits per heavy atom. The first kappa shape index (κ1) is 32.7. The van der Waals surface area contributed by atoms with E-state index in [1.165, 1.54) is 70.6 Å². The highest BCUT2D eigenvalue weighted by atomic mass is 35.5. The molecule has 0 bridgehead atoms. The molecule has 0 aliphatic carbocycles. The maximum atomic E-state index is 13.7. The lowest BCUT2D eigenvalue weighted by molar-refractivity contribution is -0.697. The number of ether oxygens (including phenoxy) is 1. The number of aryl methyl sites for hydroxylation is 1. The third kappa shape index (κ3) is 11.9. The zero-order chi connectivity index (χ0) is 29.1. The van der Waals surface area contributed by atoms with Crippen molar-refractivity contribution in [2.45, 2.75) is 110 Å². The van der Waals surface area contributed by atoms with Crippen molar-refractivity contribution in [1.82, 2.24) is 0 Å². The van der Waals surface area contributed by atoms with Gasteiger partial charge in [-0.3, -0.25) is 4.79 Å². The van der Waals surface area contributed by atoms with Gasteiger partial charge in [0.15, 0.2) is 12.4 Å². The lowest BCUT2D eigenvalue weighted by Crippen LogP contribution is -2.36. The Hall–Kier alpha value is -2.85. The summed E-state index contributed by atoms with van der Waals surface area (Å²) in [7, 11) is 0. The van der Waals surface area contributed by atoms with Crippen molar-refractivity contribution in [1.29, 1.82) is 0 Å². The summed E-state index contributed by atoms with van der Waals surface area (Å²) in [6.45, 7) is 6.38. The predicted molar refractivity (Wildman–Crippen MR) is 172 cm³/mol. The number of unbranched alkanes of at least 4 members (excludes halogenated alkanes) is 11. The maximum absolute atomic E-state index is 13.7. The van der Waals surface area contributed by atoms with Crippen LogP contribution in [-0.2, 0) is 13.1 Å². The molecule has 1 heterocycles. The highest BCUT2D eigenvalue weighted by Crippen LogP contribution is 2.28. The summed E-state index contributed by atoms with van der Waals surface area (Å²) >= 11 is 6.63. The number of hydrogen-bond acceptors (Lipinski definition) is 2. The molecule has 1 amide bonds. The van der Waals surface area contributed by atoms with Gasteiger partial charge in [-0.05, 0) is 42.3 Å². The molecule has 4 nitrogen and oxygen atoms in total. The van der Waals surface area contributed by atoms with Gasteiger partial charge >= 0.3 is 0 Å². The highest BCUT2D eigenvalue weighted by molar-refractivity contribution is 6.32. The number of hydrogen-bond donors (Lipinski definition) is 0. The first-order valence-electron chi connectivity index (χ1n) is 15.9. The second-order valence-electron chi connectivity index (χ2n) is 11.1. The molecular formula is C36H50ClN2O2+. The van der Waals surface area contributed by atoms with Crippen molar-refractivity contribution in [3.05, 3.63) is 89.2 Å². The summed E-state index contributed by atoms with van der Waals surface area (Å²) in [5.74, 6) is 0.671. The molecule has 0 saturated heterocycles. The summed E-state index contributed by atoms with van der Waals surface area (Å²) in [4.78, 5) is 15.5. The van der Waals surface area contributed by atoms with Crippen molar-refractivity contribution in [3.8, 4) is 5.75 Å². The van der Waals surface area contributed by atoms with Crippen LogP contribution in [-0.4, -0.2) is 12.5 Å². The molecule has 5 heteroatoms. The number of para-hydroxylation sites is 1. The fourth-order valence-corrected chi connectivity index (χ4v) is 5.42. The molecule has 2 aromatic carbocycles. The SMILES string of the molecule is CCCCCCCCCCCCCCOc1ccc(CN(C(=O)c2ccc[n+](CCC)c2)c2ccccc2)cc1Cl. The van der Waals surface area contributed by atoms with E-state index in [2.05, 4.69) is 18.4 Å². The molecule has 0 saturated carbocycles. The molecular weight excluding hydrogens is 528 g/mol. The lowest BCUT2D eigenvalue weighted by atomic mass is 10.1. The number of rotatable bonds is 20. The van der Waals surface area contributed by atoms with Gasteiger partial charge in [-0.15, -0.1) is 0 Å². The fourth-order valence-electron chi connectivity index (χ4n) is 5.16. The summed E-state index contributed by atoms with van der Waals surface area (Å²) in [6, 6.07) is 19.5. The average Bonchev–Trinajstić information content (AvgIpc) is 2.99. The number of nitrogens with zero attached hydrogens (tertiary/aromatic N) is 2. The first-order chi connectivity index (χ1) is 20.1. The molecule has 3 rings (SSSR count). The van der Waals surface area contributed by atoms with E-state index in [4.69, 9.17) is 16.3 Å². The van der Waals surface area contributed by atoms with Crippen molar-refractivity contribution in [2.75, 3.05) is 11.5 Å². The number of aromatic nitrogens is 1. The van der Waals surface area contributed by atoms with Crippen LogP contribution in [0.15, 0.2) is 73.1 Å². The first-order valence-corrected chi connectivity index (χ1v) is 16.3. The quantitative estimate of drug-likeness (QED) is 0.0988. The minimum Gasteiger partial charge on any atom is -0.492 e. The van der Waals surface area contributed by atoms with Gasteiger partial charge in [0.2, 0.25) is 0 Å². The number of anilines is 1. The standard InChI is InChI=1S/C36H50ClN2O2/c1-3-5-6-7-8-9-10-11-12-13-14-18-27-41-35-24-23-31(28-34(35)37)29-39(33-21-16-15-17-22-33)36(40)32-20-19-26-38(30-32)25-4-2/h15-17,19-24,26,28,30H,3-14,18,25,27,29H2,1-2H3/q+1. The molecule has 0 aliphatic rings. The van der Waals surface area contributed by atoms with Gasteiger partial charge in [0.1, 0.15) is 17.9 Å². The monoisotopic (exact) mass is 577 g/mol. The zero-order valence-corrected chi connectivity index (χ0v) is 26.1. The largest absolute Gasteiger partial charge is 0.492 e. The number of pyridine rings is 1. The molecule has 0 unspecified atom stereocenters. The molecule has 222 valence electrons. The van der Waals surface area contributed by atoms with Crippen LogP contribution in [0.25, 0.3) is 0 Å². The van der Waals surface area contributed by atoms with Crippen LogP contribution in [0.4, 0.5) is 5.69 Å². The molecule has 0 atom stereocenters. The van der Waals surface area contributed by atoms with E-state index in [-0.39, 0.29) is 5.91 Å². The average molecular weight is 578 g/mol. The number of benzene rings is 2. The zero-order valence-electron chi connectivity index (χ0n) is 25.3. The van der Waals surface area contributed by atoms with Gasteiger partial charge in [0, 0.05) is 18.2 Å². The van der Waals surface area contributed by atoms with Crippen LogP contribution in [0.2, 0.25) is 5.02 Å². The maximum Gasteiger partial charge on any atom is 0.264 e. The summed E-state index contributed by atoms with van der Waals surface area (Å²) in [5.41, 5.74) is 2.48. The Bertz CT molecular complexity index is 1150. The Labute approximate surface area is 253 Å². The van der Waals surface area contributed by atoms with Gasteiger partial charge in [0.25, 0.3) is 5.91 Å². The van der Waals surface area contributed by atoms with Crippen molar-refractivity contribution >= 4 is 23.2 Å². The van der Waals surface area contributed by atoms with Crippen molar-refractivity contribution in [2.24, 2.45) is 0 Å². The second kappa shape index (κ2) is 19.3. The molecule has 41 heavy (non-hydrogen) atoms. The smallest absolute Gasteiger partial charge is 0.264 e. The summed E-state index contributed by atoms with van der Waals surface area (Å²) < 4.78 is 8.08. The van der Waals surface area contributed by atoms with Crippen LogP contribution in [0.1, 0.15) is 113 Å². The molecule has 0 aliphatic heterocycles. The topological polar surface area (TPSA) is 33.4 Å². The number of halogens is 1. The van der Waals surface area contributed by atoms with Crippen LogP contribution >= 0.6 is 11.6 Å². The van der Waals surface area contributed by atoms with Gasteiger partial charge in [-0.1, -0.05) is 120 Å². The van der Waals surface area contributed by atoms with Crippen molar-refractivity contribution in [3.63, 3.8) is 0 Å². The van der Waals surface area contributed by atoms with Crippen LogP contribution in [0.3, 0.4) is 0 Å². The predicted octanol–water partition coefficient (Wildman–Crippen LogP) is 9.96. The number of carbonyl (C=O) groups is 1. The Kier molecular flexibility index (Phi) is 15.4. The van der Waals surface area contributed by atoms with E-state index < -0.39 is 0 Å². The van der Waals surface area contributed by atoms with Gasteiger partial charge in [0.05, 0.1) is 18.2 Å². The summed E-state index contributed by atoms with van der Waals surface area (Å²) in [5, 5.41) is 0.586. The van der Waals surface area contributed by atoms with Crippen molar-refractivity contribution < 1.29 is 14.1 Å². The molecule has 0 fully saturated rings. The van der Waals surface area contributed by atoms with Crippen LogP contribution in [0.5, 0.6) is 5.75 Å².